The summed E-state index contributed by atoms with van der Waals surface area (Å²) in [6.07, 6.45) is 0. The Morgan fingerprint density at radius 1 is 1.53 bits per heavy atom. The van der Waals surface area contributed by atoms with Crippen molar-refractivity contribution in [3.8, 4) is 0 Å². The quantitative estimate of drug-likeness (QED) is 0.779. The molecule has 0 amide bonds. The van der Waals surface area contributed by atoms with Crippen LogP contribution in [0.5, 0.6) is 0 Å². The summed E-state index contributed by atoms with van der Waals surface area (Å²) in [5, 5.41) is 7.74. The van der Waals surface area contributed by atoms with Crippen LogP contribution < -0.4 is 5.32 Å². The third-order valence-electron chi connectivity index (χ3n) is 2.73. The summed E-state index contributed by atoms with van der Waals surface area (Å²) in [4.78, 5) is 2.21. The maximum atomic E-state index is 4.31. The molecule has 1 aromatic rings. The first-order valence-electron chi connectivity index (χ1n) is 5.37. The van der Waals surface area contributed by atoms with Crippen molar-refractivity contribution in [3.63, 3.8) is 0 Å². The molecule has 0 spiro atoms. The van der Waals surface area contributed by atoms with Crippen LogP contribution >= 0.6 is 0 Å². The molecular weight excluding hydrogens is 188 g/mol. The van der Waals surface area contributed by atoms with E-state index in [1.807, 2.05) is 18.7 Å². The van der Waals surface area contributed by atoms with Gasteiger partial charge in [-0.15, -0.1) is 0 Å². The monoisotopic (exact) mass is 210 g/mol. The first-order chi connectivity index (χ1) is 7.00. The third-order valence-corrected chi connectivity index (χ3v) is 2.73. The Morgan fingerprint density at radius 3 is 2.67 bits per heavy atom. The number of hydrogen-bond acceptors (Lipinski definition) is 3. The highest BCUT2D eigenvalue weighted by molar-refractivity contribution is 5.08. The van der Waals surface area contributed by atoms with E-state index in [0.29, 0.717) is 6.04 Å². The summed E-state index contributed by atoms with van der Waals surface area (Å²) < 4.78 is 1.93. The summed E-state index contributed by atoms with van der Waals surface area (Å²) in [6.45, 7) is 6.11. The van der Waals surface area contributed by atoms with Crippen LogP contribution in [0.2, 0.25) is 0 Å². The second kappa shape index (κ2) is 5.28. The lowest BCUT2D eigenvalue weighted by Crippen LogP contribution is -2.35. The topological polar surface area (TPSA) is 33.1 Å². The van der Waals surface area contributed by atoms with Crippen LogP contribution in [0.1, 0.15) is 18.3 Å². The Bertz CT molecular complexity index is 304. The fraction of sp³-hybridized carbons (Fsp3) is 0.727. The first kappa shape index (κ1) is 12.2. The molecule has 1 aromatic heterocycles. The van der Waals surface area contributed by atoms with Crippen molar-refractivity contribution in [1.82, 2.24) is 20.0 Å². The molecule has 0 aliphatic rings. The van der Waals surface area contributed by atoms with E-state index >= 15 is 0 Å². The number of hydrogen-bond donors (Lipinski definition) is 1. The average Bonchev–Trinajstić information content (AvgIpc) is 2.45. The molecule has 1 unspecified atom stereocenters. The van der Waals surface area contributed by atoms with Gasteiger partial charge >= 0.3 is 0 Å². The van der Waals surface area contributed by atoms with Crippen LogP contribution in [0, 0.1) is 6.92 Å². The number of likely N-dealkylation sites (N-methyl/N-ethyl adjacent to an activating group) is 1. The number of nitrogens with one attached hydrogen (secondary N) is 1. The van der Waals surface area contributed by atoms with Crippen molar-refractivity contribution in [2.45, 2.75) is 26.4 Å². The Labute approximate surface area is 92.3 Å². The number of nitrogens with zero attached hydrogens (tertiary/aromatic N) is 3. The largest absolute Gasteiger partial charge is 0.310 e. The highest BCUT2D eigenvalue weighted by atomic mass is 15.3. The molecule has 0 aliphatic carbocycles. The number of rotatable bonds is 5. The van der Waals surface area contributed by atoms with Gasteiger partial charge in [-0.25, -0.2) is 0 Å². The van der Waals surface area contributed by atoms with E-state index in [1.54, 1.807) is 0 Å². The molecule has 0 saturated heterocycles. The van der Waals surface area contributed by atoms with Crippen LogP contribution in [0.4, 0.5) is 0 Å². The molecule has 0 aromatic carbocycles. The zero-order valence-electron chi connectivity index (χ0n) is 10.4. The second-order valence-corrected chi connectivity index (χ2v) is 4.34. The highest BCUT2D eigenvalue weighted by Gasteiger charge is 2.05. The number of aromatic nitrogens is 2. The van der Waals surface area contributed by atoms with Crippen molar-refractivity contribution in [2.24, 2.45) is 7.05 Å². The van der Waals surface area contributed by atoms with Gasteiger partial charge in [-0.1, -0.05) is 0 Å². The summed E-state index contributed by atoms with van der Waals surface area (Å²) >= 11 is 0. The van der Waals surface area contributed by atoms with Gasteiger partial charge in [0.1, 0.15) is 0 Å². The van der Waals surface area contributed by atoms with Crippen LogP contribution in [0.3, 0.4) is 0 Å². The molecule has 0 aliphatic heterocycles. The Morgan fingerprint density at radius 2 is 2.20 bits per heavy atom. The first-order valence-corrected chi connectivity index (χ1v) is 5.37. The Balaban J connectivity index is 2.35. The normalized spacial score (nSPS) is 13.5. The molecule has 1 rings (SSSR count). The molecule has 1 N–H and O–H groups in total. The van der Waals surface area contributed by atoms with Crippen LogP contribution in [0.25, 0.3) is 0 Å². The summed E-state index contributed by atoms with van der Waals surface area (Å²) in [7, 11) is 6.18. The Kier molecular flexibility index (Phi) is 4.29. The molecule has 0 bridgehead atoms. The highest BCUT2D eigenvalue weighted by Crippen LogP contribution is 2.01. The molecule has 0 saturated carbocycles. The summed E-state index contributed by atoms with van der Waals surface area (Å²) in [5.41, 5.74) is 2.31. The zero-order chi connectivity index (χ0) is 11.4. The molecule has 1 heterocycles. The predicted molar refractivity (Wildman–Crippen MR) is 62.8 cm³/mol. The average molecular weight is 210 g/mol. The van der Waals surface area contributed by atoms with Gasteiger partial charge in [-0.3, -0.25) is 4.68 Å². The Hall–Kier alpha value is -0.870. The van der Waals surface area contributed by atoms with Gasteiger partial charge < -0.3 is 10.2 Å². The SMILES string of the molecule is Cc1cc(CNCC(C)N(C)C)n(C)n1. The van der Waals surface area contributed by atoms with E-state index in [9.17, 15) is 0 Å². The van der Waals surface area contributed by atoms with Gasteiger partial charge in [0.05, 0.1) is 11.4 Å². The third kappa shape index (κ3) is 3.64. The molecule has 4 nitrogen and oxygen atoms in total. The maximum Gasteiger partial charge on any atom is 0.0597 e. The van der Waals surface area contributed by atoms with Crippen LogP contribution in [-0.2, 0) is 13.6 Å². The van der Waals surface area contributed by atoms with Crippen molar-refractivity contribution >= 4 is 0 Å². The fourth-order valence-corrected chi connectivity index (χ4v) is 1.42. The van der Waals surface area contributed by atoms with Gasteiger partial charge in [-0.05, 0) is 34.0 Å². The molecular formula is C11H22N4. The summed E-state index contributed by atoms with van der Waals surface area (Å²) in [6, 6.07) is 2.67. The number of aryl methyl sites for hydroxylation is 2. The van der Waals surface area contributed by atoms with Crippen LogP contribution in [-0.4, -0.2) is 41.4 Å². The lowest BCUT2D eigenvalue weighted by Gasteiger charge is -2.19. The lowest BCUT2D eigenvalue weighted by molar-refractivity contribution is 0.302. The van der Waals surface area contributed by atoms with Crippen LogP contribution in [0.15, 0.2) is 6.07 Å². The van der Waals surface area contributed by atoms with Gasteiger partial charge in [0.15, 0.2) is 0 Å². The molecule has 15 heavy (non-hydrogen) atoms. The van der Waals surface area contributed by atoms with E-state index in [1.165, 1.54) is 5.69 Å². The summed E-state index contributed by atoms with van der Waals surface area (Å²) in [5.74, 6) is 0. The van der Waals surface area contributed by atoms with Crippen molar-refractivity contribution in [2.75, 3.05) is 20.6 Å². The molecule has 0 radical (unpaired) electrons. The lowest BCUT2D eigenvalue weighted by atomic mass is 10.3. The van der Waals surface area contributed by atoms with Gasteiger partial charge in [0.25, 0.3) is 0 Å². The van der Waals surface area contributed by atoms with Crippen molar-refractivity contribution in [1.29, 1.82) is 0 Å². The molecule has 0 fully saturated rings. The van der Waals surface area contributed by atoms with Crippen molar-refractivity contribution in [3.05, 3.63) is 17.5 Å². The minimum atomic E-state index is 0.555. The smallest absolute Gasteiger partial charge is 0.0597 e. The van der Waals surface area contributed by atoms with E-state index in [2.05, 4.69) is 42.4 Å². The second-order valence-electron chi connectivity index (χ2n) is 4.34. The molecule has 86 valence electrons. The fourth-order valence-electron chi connectivity index (χ4n) is 1.42. The molecule has 1 atom stereocenters. The van der Waals surface area contributed by atoms with E-state index in [-0.39, 0.29) is 0 Å². The van der Waals surface area contributed by atoms with Gasteiger partial charge in [0.2, 0.25) is 0 Å². The maximum absolute atomic E-state index is 4.31. The van der Waals surface area contributed by atoms with Gasteiger partial charge in [-0.2, -0.15) is 5.10 Å². The minimum Gasteiger partial charge on any atom is -0.310 e. The van der Waals surface area contributed by atoms with Crippen molar-refractivity contribution < 1.29 is 0 Å². The minimum absolute atomic E-state index is 0.555. The van der Waals surface area contributed by atoms with E-state index < -0.39 is 0 Å². The van der Waals surface area contributed by atoms with E-state index in [0.717, 1.165) is 18.8 Å². The van der Waals surface area contributed by atoms with E-state index in [4.69, 9.17) is 0 Å². The molecule has 4 heteroatoms. The predicted octanol–water partition coefficient (Wildman–Crippen LogP) is 0.768. The van der Waals surface area contributed by atoms with Gasteiger partial charge in [0, 0.05) is 26.2 Å². The standard InChI is InChI=1S/C11H22N4/c1-9-6-11(15(5)13-9)8-12-7-10(2)14(3)4/h6,10,12H,7-8H2,1-5H3. The zero-order valence-corrected chi connectivity index (χ0v) is 10.4.